The van der Waals surface area contributed by atoms with E-state index in [-0.39, 0.29) is 88.2 Å². The van der Waals surface area contributed by atoms with Crippen LogP contribution in [0.5, 0.6) is 0 Å². The average Bonchev–Trinajstić information content (AvgIpc) is 0.836. The van der Waals surface area contributed by atoms with E-state index in [1.807, 2.05) is 115 Å². The van der Waals surface area contributed by atoms with E-state index >= 15 is 0 Å². The van der Waals surface area contributed by atoms with Gasteiger partial charge in [0.2, 0.25) is 0 Å². The van der Waals surface area contributed by atoms with Gasteiger partial charge in [0.05, 0.1) is 89.4 Å². The van der Waals surface area contributed by atoms with Crippen molar-refractivity contribution in [3.63, 3.8) is 0 Å². The molecule has 0 bridgehead atoms. The molecule has 11 aromatic carbocycles. The van der Waals surface area contributed by atoms with Crippen LogP contribution in [0.2, 0.25) is 90.4 Å². The molecule has 774 valence electrons. The summed E-state index contributed by atoms with van der Waals surface area (Å²) in [5.74, 6) is -1.57. The Hall–Kier alpha value is -8.73. The lowest BCUT2D eigenvalue weighted by molar-refractivity contribution is -0.145. The van der Waals surface area contributed by atoms with E-state index in [0.29, 0.717) is 115 Å². The van der Waals surface area contributed by atoms with Gasteiger partial charge in [0.25, 0.3) is 5.91 Å². The number of halogens is 18. The van der Waals surface area contributed by atoms with Crippen LogP contribution in [0.1, 0.15) is 177 Å². The van der Waals surface area contributed by atoms with Crippen LogP contribution in [0.4, 0.5) is 11.4 Å². The summed E-state index contributed by atoms with van der Waals surface area (Å²) in [7, 11) is 6.97. The van der Waals surface area contributed by atoms with Crippen molar-refractivity contribution in [1.82, 2.24) is 25.0 Å². The number of ketones is 1. The van der Waals surface area contributed by atoms with Crippen LogP contribution in [0.15, 0.2) is 231 Å². The number of para-hydroxylation sites is 2. The summed E-state index contributed by atoms with van der Waals surface area (Å²) in [5.41, 5.74) is 17.7. The maximum atomic E-state index is 11.6. The molecule has 5 N–H and O–H groups in total. The summed E-state index contributed by atoms with van der Waals surface area (Å²) < 4.78 is 13.8. The second kappa shape index (κ2) is 66.0. The number of nitrogens with zero attached hydrogens (tertiary/aromatic N) is 5. The number of ether oxygens (including phenoxy) is 3. The van der Waals surface area contributed by atoms with E-state index in [1.54, 1.807) is 141 Å². The molecule has 38 heteroatoms. The number of anilines is 2. The highest BCUT2D eigenvalue weighted by atomic mass is 35.5. The number of carboxylic acids is 1. The number of Topliss-reactive ketones (excluding diaryl/α,β-unsaturated/α-hetero) is 1. The number of carbonyl (C=O) groups is 7. The lowest BCUT2D eigenvalue weighted by Gasteiger charge is -2.22. The second-order valence-electron chi connectivity index (χ2n) is 32.2. The molecule has 0 aliphatic rings. The molecule has 0 saturated carbocycles. The average molecular weight is 2340 g/mol. The molecule has 0 aliphatic heterocycles. The number of nitrogens with one attached hydrogen (secondary N) is 1. The summed E-state index contributed by atoms with van der Waals surface area (Å²) in [4.78, 5) is 98.8. The minimum absolute atomic E-state index is 0.00338. The van der Waals surface area contributed by atoms with Gasteiger partial charge >= 0.3 is 23.9 Å². The second-order valence-corrected chi connectivity index (χ2v) is 39.8. The fourth-order valence-electron chi connectivity index (χ4n) is 12.7. The largest absolute Gasteiger partial charge is 0.478 e. The molecular weight excluding hydrogens is 2230 g/mol. The molecule has 2 aromatic heterocycles. The van der Waals surface area contributed by atoms with Crippen LogP contribution in [-0.4, -0.2) is 126 Å². The number of methoxy groups -OCH3 is 3. The zero-order chi connectivity index (χ0) is 109. The first-order chi connectivity index (χ1) is 68.4. The molecular formula is C107H107Cl18N7O13. The van der Waals surface area contributed by atoms with Crippen LogP contribution >= 0.6 is 209 Å². The van der Waals surface area contributed by atoms with Gasteiger partial charge in [0, 0.05) is 138 Å². The van der Waals surface area contributed by atoms with Crippen LogP contribution in [0, 0.1) is 23.7 Å². The van der Waals surface area contributed by atoms with Crippen molar-refractivity contribution in [3.8, 4) is 0 Å². The fraction of sp³-hybridized carbons (Fsp3) is 0.262. The van der Waals surface area contributed by atoms with Gasteiger partial charge in [-0.05, 0) is 282 Å². The number of aliphatic hydroxyl groups is 1. The normalized spacial score (nSPS) is 12.4. The topological polar surface area (TPSA) is 290 Å². The van der Waals surface area contributed by atoms with Gasteiger partial charge in [-0.3, -0.25) is 44.0 Å². The minimum atomic E-state index is -1.07. The molecule has 9 atom stereocenters. The molecule has 1 amide bonds. The number of amides is 1. The van der Waals surface area contributed by atoms with Crippen molar-refractivity contribution in [2.24, 2.45) is 23.7 Å². The number of hydroxylamine groups is 2. The number of aliphatic hydroxyl groups excluding tert-OH is 1. The van der Waals surface area contributed by atoms with E-state index in [0.717, 1.165) is 84.1 Å². The molecule has 0 spiro atoms. The number of benzene rings is 11. The molecule has 9 unspecified atom stereocenters. The van der Waals surface area contributed by atoms with Crippen molar-refractivity contribution in [1.29, 1.82) is 0 Å². The molecule has 20 nitrogen and oxygen atoms in total. The first kappa shape index (κ1) is 129. The van der Waals surface area contributed by atoms with Crippen molar-refractivity contribution in [3.05, 3.63) is 372 Å². The number of fused-ring (bicyclic) bond motifs is 2. The Morgan fingerprint density at radius 2 is 0.759 bits per heavy atom. The van der Waals surface area contributed by atoms with Gasteiger partial charge in [-0.25, -0.2) is 14.7 Å². The lowest BCUT2D eigenvalue weighted by atomic mass is 9.89. The van der Waals surface area contributed by atoms with E-state index in [4.69, 9.17) is 234 Å². The molecule has 0 saturated heterocycles. The Balaban J connectivity index is 0.000000339. The SMILES string of the molecule is CC(=O)c1cc(Cl)ccc1Cl.CC(C=O)C(C)c1cc(Cl)ccc1Cl.CC(CNc1cccc2nccnc12)C(C)c1cc(Cl)ccc1Cl.CC(CO)C(C)c1cc(Cl)ccc1Cl.COC(=O)/C=C(\C)c1cc(Cl)ccc1Cl.COC(=O)C(C)C(C)c1cc(Cl)ccc1Cl.COC(=O)CC(C)c1cc(Cl)ccc1Cl.CON(C)C(=O)c1cc(Cl)ccc1Cl.Nc1cccc2nccnc12.O=C(O)c1cc(Cl)ccc1Cl. The number of aromatic carboxylic acids is 1. The standard InChI is InChI=1S/C19H19Cl2N3.C12H14Cl2O2.C11H12Cl2O2.C11H10Cl2O2.C11H14Cl2O.C11H12Cl2O.C9H9Cl2NO2.C8H6Cl2O.C8H7N3.C7H4Cl2O2/c1-12(13(2)15-10-14(20)6-7-16(15)21)11-24-18-5-3-4-17-19(18)23-9-8-22-17;1-7(8(2)12(15)16-3)10-6-9(13)4-5-11(10)14;2*1-7(5-11(14)15-2)9-6-8(12)3-4-10(9)13;2*1-7(6-14)8(2)10-5-9(12)3-4-11(10)13;1-12(14-2)9(13)7-5-6(10)3-4-8(7)11;1-5(11)7-4-6(9)2-3-8(7)10;9-6-2-1-3-7-8(6)11-5-4-10-7;8-4-1-2-6(9)5(3-4)7(10)11/h3-10,12-13,24H,11H2,1-2H3;4-8H,1-3H3;3-4,6-7H,5H2,1-2H3;3-6H,1-2H3;3-5,7-8,14H,6H2,1-2H3;3-8H,1-2H3;3-5H,1-2H3;2-4H,1H3;1-5H,9H2;1-3H,(H,10,11)/b;;;7-5+;;;;;;. The third-order valence-corrected chi connectivity index (χ3v) is 27.2. The maximum Gasteiger partial charge on any atom is 0.337 e. The molecule has 13 rings (SSSR count). The Morgan fingerprint density at radius 1 is 0.407 bits per heavy atom. The number of hydrogen-bond acceptors (Lipinski definition) is 18. The fourth-order valence-corrected chi connectivity index (χ4v) is 16.6. The third-order valence-electron chi connectivity index (χ3n) is 22.0. The number of nitrogens with two attached hydrogens (primary N) is 1. The Bertz CT molecular complexity index is 6460. The van der Waals surface area contributed by atoms with Crippen LogP contribution < -0.4 is 11.1 Å². The number of aromatic nitrogens is 4. The van der Waals surface area contributed by atoms with Gasteiger partial charge in [-0.1, -0.05) is 283 Å². The highest BCUT2D eigenvalue weighted by Gasteiger charge is 2.26. The van der Waals surface area contributed by atoms with E-state index in [1.165, 1.54) is 72.8 Å². The highest BCUT2D eigenvalue weighted by Crippen LogP contribution is 2.39. The number of nitrogen functional groups attached to an aromatic ring is 1. The number of carbonyl (C=O) groups excluding carboxylic acids is 6. The Kier molecular flexibility index (Phi) is 58.5. The molecule has 0 aliphatic carbocycles. The summed E-state index contributed by atoms with van der Waals surface area (Å²) in [6, 6.07) is 57.3. The number of carboxylic acid groups (broad SMARTS) is 1. The molecule has 13 aromatic rings. The van der Waals surface area contributed by atoms with Gasteiger partial charge in [0.15, 0.2) is 5.78 Å². The summed E-state index contributed by atoms with van der Waals surface area (Å²) >= 11 is 106. The van der Waals surface area contributed by atoms with Gasteiger partial charge < -0.3 is 40.3 Å². The number of esters is 3. The predicted octanol–water partition coefficient (Wildman–Crippen LogP) is 34.3. The molecule has 145 heavy (non-hydrogen) atoms. The maximum absolute atomic E-state index is 11.6. The minimum Gasteiger partial charge on any atom is -0.478 e. The quantitative estimate of drug-likeness (QED) is 0.00880. The van der Waals surface area contributed by atoms with Crippen molar-refractivity contribution < 1.29 is 62.8 Å². The van der Waals surface area contributed by atoms with Gasteiger partial charge in [-0.2, -0.15) is 0 Å². The van der Waals surface area contributed by atoms with Crippen LogP contribution in [0.3, 0.4) is 0 Å². The number of rotatable bonds is 23. The van der Waals surface area contributed by atoms with Gasteiger partial charge in [0.1, 0.15) is 17.3 Å². The lowest BCUT2D eigenvalue weighted by Crippen LogP contribution is -2.25. The smallest absolute Gasteiger partial charge is 0.337 e. The van der Waals surface area contributed by atoms with E-state index in [2.05, 4.69) is 48.6 Å². The third kappa shape index (κ3) is 43.4. The van der Waals surface area contributed by atoms with E-state index in [9.17, 15) is 33.6 Å². The summed E-state index contributed by atoms with van der Waals surface area (Å²) in [6.07, 6.45) is 9.32. The summed E-state index contributed by atoms with van der Waals surface area (Å²) in [6.45, 7) is 22.1. The van der Waals surface area contributed by atoms with Crippen molar-refractivity contribution >= 4 is 290 Å². The monoisotopic (exact) mass is 2330 g/mol. The van der Waals surface area contributed by atoms with Crippen molar-refractivity contribution in [2.45, 2.75) is 112 Å². The van der Waals surface area contributed by atoms with Gasteiger partial charge in [-0.15, -0.1) is 0 Å². The van der Waals surface area contributed by atoms with Crippen LogP contribution in [-0.2, 0) is 38.2 Å². The molecule has 2 heterocycles. The Labute approximate surface area is 935 Å². The van der Waals surface area contributed by atoms with Crippen molar-refractivity contribution in [2.75, 3.05) is 59.7 Å². The number of allylic oxidation sites excluding steroid dienone is 1. The summed E-state index contributed by atoms with van der Waals surface area (Å²) in [5, 5.41) is 32.3. The predicted molar refractivity (Wildman–Crippen MR) is 602 cm³/mol. The zero-order valence-corrected chi connectivity index (χ0v) is 94.9. The first-order valence-electron chi connectivity index (χ1n) is 43.9. The number of aldehydes is 1. The Morgan fingerprint density at radius 3 is 1.15 bits per heavy atom. The first-order valence-corrected chi connectivity index (χ1v) is 50.7. The van der Waals surface area contributed by atoms with E-state index < -0.39 is 11.9 Å². The number of hydrogen-bond donors (Lipinski definition) is 4. The highest BCUT2D eigenvalue weighted by molar-refractivity contribution is 6.40. The van der Waals surface area contributed by atoms with Crippen LogP contribution in [0.25, 0.3) is 27.6 Å². The zero-order valence-electron chi connectivity index (χ0n) is 81.3. The molecule has 0 radical (unpaired) electrons. The molecule has 0 fully saturated rings.